The third-order valence-corrected chi connectivity index (χ3v) is 3.10. The topological polar surface area (TPSA) is 84.9 Å². The lowest BCUT2D eigenvalue weighted by atomic mass is 10.1. The van der Waals surface area contributed by atoms with Gasteiger partial charge in [0.05, 0.1) is 5.39 Å². The van der Waals surface area contributed by atoms with Gasteiger partial charge in [-0.15, -0.1) is 0 Å². The molecule has 6 heteroatoms. The molecule has 0 saturated heterocycles. The average molecular weight is 295 g/mol. The van der Waals surface area contributed by atoms with Gasteiger partial charge in [-0.05, 0) is 25.1 Å². The van der Waals surface area contributed by atoms with Crippen LogP contribution in [0.5, 0.6) is 0 Å². The number of nitrogens with zero attached hydrogens (tertiary/aromatic N) is 2. The molecule has 0 unspecified atom stereocenters. The van der Waals surface area contributed by atoms with Gasteiger partial charge in [-0.2, -0.15) is 0 Å². The van der Waals surface area contributed by atoms with Crippen molar-refractivity contribution in [2.75, 3.05) is 0 Å². The fourth-order valence-corrected chi connectivity index (χ4v) is 2.16. The number of hydrogen-bond donors (Lipinski definition) is 1. The number of hydrogen-bond acceptors (Lipinski definition) is 5. The SMILES string of the molecule is C=C/C=C(\C=C/C)c1onc2ccc(-c3noc(=O)[nH]3)cc12. The minimum absolute atomic E-state index is 0.360. The number of aromatic amines is 1. The molecule has 1 N–H and O–H groups in total. The highest BCUT2D eigenvalue weighted by atomic mass is 16.5. The highest BCUT2D eigenvalue weighted by molar-refractivity contribution is 5.94. The van der Waals surface area contributed by atoms with Crippen molar-refractivity contribution in [1.82, 2.24) is 15.3 Å². The third-order valence-electron chi connectivity index (χ3n) is 3.10. The Labute approximate surface area is 125 Å². The molecule has 1 aromatic carbocycles. The van der Waals surface area contributed by atoms with Crippen molar-refractivity contribution >= 4 is 16.5 Å². The van der Waals surface area contributed by atoms with E-state index in [0.717, 1.165) is 11.0 Å². The summed E-state index contributed by atoms with van der Waals surface area (Å²) in [7, 11) is 0. The first-order valence-electron chi connectivity index (χ1n) is 6.64. The number of allylic oxidation sites excluding steroid dienone is 5. The highest BCUT2D eigenvalue weighted by Crippen LogP contribution is 2.29. The highest BCUT2D eigenvalue weighted by Gasteiger charge is 2.13. The van der Waals surface area contributed by atoms with Crippen molar-refractivity contribution in [1.29, 1.82) is 0 Å². The summed E-state index contributed by atoms with van der Waals surface area (Å²) in [6, 6.07) is 5.43. The molecule has 0 fully saturated rings. The second-order valence-electron chi connectivity index (χ2n) is 4.54. The first-order valence-corrected chi connectivity index (χ1v) is 6.64. The van der Waals surface area contributed by atoms with Gasteiger partial charge in [0, 0.05) is 11.1 Å². The van der Waals surface area contributed by atoms with Crippen LogP contribution in [-0.2, 0) is 0 Å². The van der Waals surface area contributed by atoms with Crippen LogP contribution in [0.1, 0.15) is 12.7 Å². The number of nitrogens with one attached hydrogen (secondary N) is 1. The zero-order valence-electron chi connectivity index (χ0n) is 11.9. The average Bonchev–Trinajstić information content (AvgIpc) is 3.12. The summed E-state index contributed by atoms with van der Waals surface area (Å²) in [5.41, 5.74) is 2.27. The van der Waals surface area contributed by atoms with E-state index in [-0.39, 0.29) is 0 Å². The minimum Gasteiger partial charge on any atom is -0.355 e. The van der Waals surface area contributed by atoms with E-state index in [1.165, 1.54) is 0 Å². The molecular formula is C16H13N3O3. The zero-order chi connectivity index (χ0) is 15.5. The van der Waals surface area contributed by atoms with Gasteiger partial charge in [0.1, 0.15) is 5.52 Å². The van der Waals surface area contributed by atoms with Gasteiger partial charge in [0.25, 0.3) is 0 Å². The first-order chi connectivity index (χ1) is 10.7. The van der Waals surface area contributed by atoms with Gasteiger partial charge in [-0.1, -0.05) is 41.2 Å². The van der Waals surface area contributed by atoms with Crippen molar-refractivity contribution in [2.24, 2.45) is 0 Å². The van der Waals surface area contributed by atoms with Crippen LogP contribution in [0.25, 0.3) is 27.9 Å². The van der Waals surface area contributed by atoms with Gasteiger partial charge in [-0.3, -0.25) is 9.51 Å². The van der Waals surface area contributed by atoms with Crippen LogP contribution >= 0.6 is 0 Å². The van der Waals surface area contributed by atoms with Crippen molar-refractivity contribution in [3.63, 3.8) is 0 Å². The molecule has 0 aliphatic rings. The van der Waals surface area contributed by atoms with Gasteiger partial charge < -0.3 is 4.52 Å². The van der Waals surface area contributed by atoms with Crippen LogP contribution in [0, 0.1) is 0 Å². The fourth-order valence-electron chi connectivity index (χ4n) is 2.16. The summed E-state index contributed by atoms with van der Waals surface area (Å²) in [6.07, 6.45) is 7.34. The second kappa shape index (κ2) is 5.69. The maximum Gasteiger partial charge on any atom is 0.439 e. The number of aromatic nitrogens is 3. The Balaban J connectivity index is 2.18. The molecular weight excluding hydrogens is 282 g/mol. The van der Waals surface area contributed by atoms with Crippen molar-refractivity contribution in [3.05, 3.63) is 65.4 Å². The van der Waals surface area contributed by atoms with E-state index in [0.29, 0.717) is 22.7 Å². The van der Waals surface area contributed by atoms with Crippen molar-refractivity contribution < 1.29 is 9.05 Å². The molecule has 0 spiro atoms. The molecule has 3 rings (SSSR count). The summed E-state index contributed by atoms with van der Waals surface area (Å²) in [5, 5.41) is 8.54. The molecule has 0 radical (unpaired) electrons. The molecule has 0 amide bonds. The van der Waals surface area contributed by atoms with E-state index in [1.807, 2.05) is 31.2 Å². The first kappa shape index (κ1) is 13.8. The van der Waals surface area contributed by atoms with Crippen LogP contribution < -0.4 is 5.76 Å². The normalized spacial score (nSPS) is 12.3. The number of rotatable bonds is 4. The van der Waals surface area contributed by atoms with Crippen molar-refractivity contribution in [2.45, 2.75) is 6.92 Å². The lowest BCUT2D eigenvalue weighted by Gasteiger charge is -1.98. The lowest BCUT2D eigenvalue weighted by molar-refractivity contribution is 0.388. The zero-order valence-corrected chi connectivity index (χ0v) is 11.9. The van der Waals surface area contributed by atoms with Gasteiger partial charge in [0.15, 0.2) is 11.6 Å². The van der Waals surface area contributed by atoms with Crippen LogP contribution in [-0.4, -0.2) is 15.3 Å². The van der Waals surface area contributed by atoms with E-state index in [9.17, 15) is 4.79 Å². The van der Waals surface area contributed by atoms with Gasteiger partial charge in [-0.25, -0.2) is 4.79 Å². The summed E-state index contributed by atoms with van der Waals surface area (Å²) in [6.45, 7) is 5.62. The van der Waals surface area contributed by atoms with Gasteiger partial charge >= 0.3 is 5.76 Å². The fraction of sp³-hybridized carbons (Fsp3) is 0.0625. The molecule has 3 aromatic rings. The molecule has 0 atom stereocenters. The summed E-state index contributed by atoms with van der Waals surface area (Å²) in [4.78, 5) is 13.6. The van der Waals surface area contributed by atoms with E-state index < -0.39 is 5.76 Å². The largest absolute Gasteiger partial charge is 0.439 e. The van der Waals surface area contributed by atoms with Gasteiger partial charge in [0.2, 0.25) is 0 Å². The molecule has 2 heterocycles. The Morgan fingerprint density at radius 3 is 2.86 bits per heavy atom. The molecule has 22 heavy (non-hydrogen) atoms. The molecule has 0 saturated carbocycles. The van der Waals surface area contributed by atoms with Crippen LogP contribution in [0.3, 0.4) is 0 Å². The van der Waals surface area contributed by atoms with E-state index in [1.54, 1.807) is 18.2 Å². The number of benzene rings is 1. The maximum absolute atomic E-state index is 11.1. The van der Waals surface area contributed by atoms with E-state index >= 15 is 0 Å². The third kappa shape index (κ3) is 2.42. The summed E-state index contributed by atoms with van der Waals surface area (Å²) >= 11 is 0. The monoisotopic (exact) mass is 295 g/mol. The minimum atomic E-state index is -0.596. The molecule has 6 nitrogen and oxygen atoms in total. The molecule has 110 valence electrons. The lowest BCUT2D eigenvalue weighted by Crippen LogP contribution is -1.94. The van der Waals surface area contributed by atoms with Crippen LogP contribution in [0.4, 0.5) is 0 Å². The van der Waals surface area contributed by atoms with E-state index in [2.05, 4.69) is 26.4 Å². The smallest absolute Gasteiger partial charge is 0.355 e. The Morgan fingerprint density at radius 1 is 1.32 bits per heavy atom. The van der Waals surface area contributed by atoms with Crippen LogP contribution in [0.2, 0.25) is 0 Å². The molecule has 0 aliphatic carbocycles. The van der Waals surface area contributed by atoms with Crippen LogP contribution in [0.15, 0.2) is 62.9 Å². The Bertz CT molecular complexity index is 941. The quantitative estimate of drug-likeness (QED) is 0.746. The Hall–Kier alpha value is -3.15. The summed E-state index contributed by atoms with van der Waals surface area (Å²) < 4.78 is 9.98. The predicted molar refractivity (Wildman–Crippen MR) is 83.1 cm³/mol. The molecule has 0 bridgehead atoms. The molecule has 2 aromatic heterocycles. The predicted octanol–water partition coefficient (Wildman–Crippen LogP) is 3.32. The van der Waals surface area contributed by atoms with Crippen molar-refractivity contribution in [3.8, 4) is 11.4 Å². The standard InChI is InChI=1S/C16H13N3O3/c1-3-5-10(6-4-2)14-12-9-11(7-8-13(12)18-21-14)15-17-16(20)22-19-15/h3-9H,1H2,2H3,(H,17,19,20)/b6-4-,10-5+. The van der Waals surface area contributed by atoms with E-state index in [4.69, 9.17) is 4.52 Å². The molecule has 0 aliphatic heterocycles. The second-order valence-corrected chi connectivity index (χ2v) is 4.54. The number of H-pyrrole nitrogens is 1. The Kier molecular flexibility index (Phi) is 3.57. The summed E-state index contributed by atoms with van der Waals surface area (Å²) in [5.74, 6) is 0.391. The Morgan fingerprint density at radius 2 is 2.18 bits per heavy atom. The number of fused-ring (bicyclic) bond motifs is 1. The maximum atomic E-state index is 11.1.